The molecule has 0 rings (SSSR count). The van der Waals surface area contributed by atoms with Crippen molar-refractivity contribution in [2.24, 2.45) is 0 Å². The number of hydrogen-bond donors (Lipinski definition) is 2. The van der Waals surface area contributed by atoms with E-state index in [2.05, 4.69) is 0 Å². The molecule has 0 bridgehead atoms. The van der Waals surface area contributed by atoms with Crippen LogP contribution < -0.4 is 0 Å². The van der Waals surface area contributed by atoms with Crippen LogP contribution in [0.4, 0.5) is 0 Å². The van der Waals surface area contributed by atoms with Crippen molar-refractivity contribution >= 4 is 0 Å². The van der Waals surface area contributed by atoms with E-state index in [1.54, 1.807) is 27.7 Å². The molecule has 0 unspecified atom stereocenters. The molecule has 0 aromatic carbocycles. The van der Waals surface area contributed by atoms with Crippen LogP contribution in [0.2, 0.25) is 0 Å². The molecule has 0 aromatic rings. The Bertz CT molecular complexity index is 86.5. The summed E-state index contributed by atoms with van der Waals surface area (Å²) in [5, 5.41) is 17.7. The van der Waals surface area contributed by atoms with Gasteiger partial charge in [0.15, 0.2) is 0 Å². The first kappa shape index (κ1) is 19.4. The van der Waals surface area contributed by atoms with Gasteiger partial charge in [-0.3, -0.25) is 0 Å². The summed E-state index contributed by atoms with van der Waals surface area (Å²) in [7, 11) is 0. The average molecular weight is 268 g/mol. The monoisotopic (exact) mass is 266 g/mol. The third-order valence-electron chi connectivity index (χ3n) is 1.73. The van der Waals surface area contributed by atoms with Crippen molar-refractivity contribution in [3.05, 3.63) is 0 Å². The molecule has 0 aliphatic rings. The van der Waals surface area contributed by atoms with Crippen LogP contribution in [0.25, 0.3) is 0 Å². The van der Waals surface area contributed by atoms with Gasteiger partial charge >= 0.3 is 0 Å². The van der Waals surface area contributed by atoms with E-state index in [1.807, 2.05) is 13.8 Å². The number of rotatable bonds is 2. The van der Waals surface area contributed by atoms with Crippen LogP contribution in [0, 0.1) is 0 Å². The Kier molecular flexibility index (Phi) is 12.1. The predicted molar refractivity (Wildman–Crippen MR) is 53.2 cm³/mol. The zero-order valence-electron chi connectivity index (χ0n) is 9.81. The second-order valence-corrected chi connectivity index (χ2v) is 4.33. The Hall–Kier alpha value is 0.803. The minimum Gasteiger partial charge on any atom is -0.390 e. The van der Waals surface area contributed by atoms with Gasteiger partial charge in [-0.15, -0.1) is 0 Å². The fourth-order valence-corrected chi connectivity index (χ4v) is 0. The summed E-state index contributed by atoms with van der Waals surface area (Å²) >= 11 is 0. The first-order valence-corrected chi connectivity index (χ1v) is 4.57. The first-order chi connectivity index (χ1) is 5.12. The minimum absolute atomic E-state index is 0. The molecule has 2 N–H and O–H groups in total. The van der Waals surface area contributed by atoms with Crippen molar-refractivity contribution in [1.29, 1.82) is 0 Å². The van der Waals surface area contributed by atoms with Crippen LogP contribution in [0.1, 0.15) is 54.4 Å². The molecule has 13 heavy (non-hydrogen) atoms. The normalized spacial score (nSPS) is 11.1. The summed E-state index contributed by atoms with van der Waals surface area (Å²) in [4.78, 5) is 0. The summed E-state index contributed by atoms with van der Waals surface area (Å²) in [5.41, 5.74) is -0.917. The van der Waals surface area contributed by atoms with E-state index in [9.17, 15) is 0 Å². The third kappa shape index (κ3) is 32.3. The molecule has 3 heteroatoms. The van der Waals surface area contributed by atoms with E-state index in [0.717, 1.165) is 12.8 Å². The maximum atomic E-state index is 8.83. The second kappa shape index (κ2) is 8.14. The van der Waals surface area contributed by atoms with Crippen molar-refractivity contribution in [2.45, 2.75) is 65.6 Å². The van der Waals surface area contributed by atoms with E-state index in [-0.39, 0.29) is 26.2 Å². The van der Waals surface area contributed by atoms with E-state index in [0.29, 0.717) is 0 Å². The molecule has 0 saturated carbocycles. The fraction of sp³-hybridized carbons (Fsp3) is 1.00. The Morgan fingerprint density at radius 1 is 0.769 bits per heavy atom. The second-order valence-electron chi connectivity index (χ2n) is 4.33. The zero-order valence-corrected chi connectivity index (χ0v) is 12.3. The minimum atomic E-state index is -0.458. The van der Waals surface area contributed by atoms with Gasteiger partial charge in [-0.1, -0.05) is 13.8 Å². The van der Waals surface area contributed by atoms with Crippen LogP contribution in [0.5, 0.6) is 0 Å². The predicted octanol–water partition coefficient (Wildman–Crippen LogP) is 2.33. The first-order valence-electron chi connectivity index (χ1n) is 4.57. The molecule has 0 heterocycles. The van der Waals surface area contributed by atoms with Gasteiger partial charge in [0.1, 0.15) is 0 Å². The molecule has 0 radical (unpaired) electrons. The SMILES string of the molecule is CCC(C)(C)O.CCC(C)(C)O.[Zr]. The molecule has 0 aliphatic carbocycles. The maximum absolute atomic E-state index is 8.83. The average Bonchev–Trinajstić information content (AvgIpc) is 1.86. The van der Waals surface area contributed by atoms with Gasteiger partial charge < -0.3 is 10.2 Å². The van der Waals surface area contributed by atoms with Gasteiger partial charge in [0.25, 0.3) is 0 Å². The molecule has 0 saturated heterocycles. The van der Waals surface area contributed by atoms with Crippen LogP contribution in [0.15, 0.2) is 0 Å². The molecule has 0 fully saturated rings. The molecule has 0 spiro atoms. The van der Waals surface area contributed by atoms with E-state index >= 15 is 0 Å². The van der Waals surface area contributed by atoms with Crippen LogP contribution in [-0.4, -0.2) is 21.4 Å². The van der Waals surface area contributed by atoms with Gasteiger partial charge in [0, 0.05) is 26.2 Å². The summed E-state index contributed by atoms with van der Waals surface area (Å²) in [6.45, 7) is 11.1. The van der Waals surface area contributed by atoms with Gasteiger partial charge in [-0.25, -0.2) is 0 Å². The van der Waals surface area contributed by atoms with Gasteiger partial charge in [0.2, 0.25) is 0 Å². The molecule has 2 nitrogen and oxygen atoms in total. The topological polar surface area (TPSA) is 40.5 Å². The molecule has 0 amide bonds. The van der Waals surface area contributed by atoms with E-state index in [1.165, 1.54) is 0 Å². The van der Waals surface area contributed by atoms with Gasteiger partial charge in [0.05, 0.1) is 11.2 Å². The molecular weight excluding hydrogens is 243 g/mol. The molecular formula is C10H24O2Zr. The Labute approximate surface area is 102 Å². The van der Waals surface area contributed by atoms with Crippen LogP contribution in [-0.2, 0) is 26.2 Å². The van der Waals surface area contributed by atoms with E-state index < -0.39 is 11.2 Å². The number of hydrogen-bond acceptors (Lipinski definition) is 2. The van der Waals surface area contributed by atoms with Crippen molar-refractivity contribution in [2.75, 3.05) is 0 Å². The van der Waals surface area contributed by atoms with Gasteiger partial charge in [-0.2, -0.15) is 0 Å². The number of aliphatic hydroxyl groups is 2. The summed E-state index contributed by atoms with van der Waals surface area (Å²) in [6.07, 6.45) is 1.65. The van der Waals surface area contributed by atoms with Crippen molar-refractivity contribution < 1.29 is 36.4 Å². The quantitative estimate of drug-likeness (QED) is 0.806. The molecule has 0 aliphatic heterocycles. The molecule has 80 valence electrons. The van der Waals surface area contributed by atoms with E-state index in [4.69, 9.17) is 10.2 Å². The third-order valence-corrected chi connectivity index (χ3v) is 1.73. The molecule has 0 atom stereocenters. The van der Waals surface area contributed by atoms with Crippen molar-refractivity contribution in [3.8, 4) is 0 Å². The summed E-state index contributed by atoms with van der Waals surface area (Å²) in [5.74, 6) is 0. The maximum Gasteiger partial charge on any atom is 0.0589 e. The zero-order chi connectivity index (χ0) is 10.4. The standard InChI is InChI=1S/2C5H12O.Zr/c2*1-4-5(2,3)6;/h2*6H,4H2,1-3H3;. The van der Waals surface area contributed by atoms with Crippen molar-refractivity contribution in [3.63, 3.8) is 0 Å². The van der Waals surface area contributed by atoms with Crippen LogP contribution >= 0.6 is 0 Å². The largest absolute Gasteiger partial charge is 0.390 e. The summed E-state index contributed by atoms with van der Waals surface area (Å²) < 4.78 is 0. The Morgan fingerprint density at radius 2 is 0.846 bits per heavy atom. The van der Waals surface area contributed by atoms with Crippen LogP contribution in [0.3, 0.4) is 0 Å². The Morgan fingerprint density at radius 3 is 0.846 bits per heavy atom. The van der Waals surface area contributed by atoms with Crippen molar-refractivity contribution in [1.82, 2.24) is 0 Å². The fourth-order valence-electron chi connectivity index (χ4n) is 0. The Balaban J connectivity index is -0.000000143. The smallest absolute Gasteiger partial charge is 0.0589 e. The summed E-state index contributed by atoms with van der Waals surface area (Å²) in [6, 6.07) is 0. The molecule has 0 aromatic heterocycles. The van der Waals surface area contributed by atoms with Gasteiger partial charge in [-0.05, 0) is 40.5 Å².